The third-order valence-corrected chi connectivity index (χ3v) is 6.48. The number of aliphatic hydroxyl groups excluding tert-OH is 1. The number of hydrogen-bond acceptors (Lipinski definition) is 4. The van der Waals surface area contributed by atoms with Crippen LogP contribution in [0.2, 0.25) is 0 Å². The second kappa shape index (κ2) is 10.7. The number of carbonyl (C=O) groups is 2. The quantitative estimate of drug-likeness (QED) is 0.433. The number of aliphatic hydroxyl groups is 1. The Bertz CT molecular complexity index is 1310. The van der Waals surface area contributed by atoms with Crippen molar-refractivity contribution in [3.8, 4) is 11.1 Å². The first-order chi connectivity index (χ1) is 17.6. The molecule has 1 aliphatic rings. The van der Waals surface area contributed by atoms with Crippen LogP contribution in [-0.4, -0.2) is 29.5 Å². The molecular formula is C28H28F3N3O3. The highest BCUT2D eigenvalue weighted by atomic mass is 19.1. The first-order valence-corrected chi connectivity index (χ1v) is 12.0. The zero-order chi connectivity index (χ0) is 26.9. The van der Waals surface area contributed by atoms with Crippen molar-refractivity contribution >= 4 is 17.5 Å². The zero-order valence-electron chi connectivity index (χ0n) is 20.6. The molecule has 0 aliphatic carbocycles. The number of nitrogens with one attached hydrogen (secondary N) is 2. The minimum absolute atomic E-state index is 0.0261. The molecule has 3 aromatic rings. The average Bonchev–Trinajstić information content (AvgIpc) is 2.93. The molecule has 2 amide bonds. The van der Waals surface area contributed by atoms with Gasteiger partial charge in [0.15, 0.2) is 0 Å². The molecule has 3 atom stereocenters. The monoisotopic (exact) mass is 511 g/mol. The van der Waals surface area contributed by atoms with Gasteiger partial charge < -0.3 is 10.4 Å². The number of nitrogens with zero attached hydrogens (tertiary/aromatic N) is 1. The number of rotatable bonds is 7. The molecule has 0 radical (unpaired) electrons. The average molecular weight is 512 g/mol. The predicted molar refractivity (Wildman–Crippen MR) is 134 cm³/mol. The van der Waals surface area contributed by atoms with Crippen LogP contribution in [0.25, 0.3) is 11.1 Å². The molecule has 37 heavy (non-hydrogen) atoms. The summed E-state index contributed by atoms with van der Waals surface area (Å²) >= 11 is 0. The molecule has 0 saturated heterocycles. The Morgan fingerprint density at radius 2 is 1.65 bits per heavy atom. The van der Waals surface area contributed by atoms with E-state index in [1.807, 2.05) is 0 Å². The smallest absolute Gasteiger partial charge is 0.256 e. The van der Waals surface area contributed by atoms with E-state index in [2.05, 4.69) is 10.7 Å². The first-order valence-electron chi connectivity index (χ1n) is 12.0. The molecule has 6 nitrogen and oxygen atoms in total. The lowest BCUT2D eigenvalue weighted by atomic mass is 9.92. The largest absolute Gasteiger partial charge is 0.387 e. The summed E-state index contributed by atoms with van der Waals surface area (Å²) in [6.45, 7) is 5.10. The number of anilines is 1. The maximum absolute atomic E-state index is 14.2. The molecule has 9 heteroatoms. The van der Waals surface area contributed by atoms with Crippen LogP contribution in [0.5, 0.6) is 0 Å². The summed E-state index contributed by atoms with van der Waals surface area (Å²) < 4.78 is 41.3. The number of hydrazine groups is 1. The van der Waals surface area contributed by atoms with Crippen molar-refractivity contribution in [3.63, 3.8) is 0 Å². The van der Waals surface area contributed by atoms with Crippen LogP contribution in [0.4, 0.5) is 18.9 Å². The lowest BCUT2D eigenvalue weighted by molar-refractivity contribution is -0.128. The van der Waals surface area contributed by atoms with Crippen molar-refractivity contribution < 1.29 is 27.9 Å². The minimum Gasteiger partial charge on any atom is -0.387 e. The number of hydrogen-bond donors (Lipinski definition) is 3. The molecule has 1 aliphatic heterocycles. The molecule has 0 bridgehead atoms. The fourth-order valence-corrected chi connectivity index (χ4v) is 4.53. The van der Waals surface area contributed by atoms with Crippen LogP contribution in [0.15, 0.2) is 60.7 Å². The lowest BCUT2D eigenvalue weighted by Crippen LogP contribution is -2.56. The van der Waals surface area contributed by atoms with Crippen LogP contribution in [0.1, 0.15) is 43.9 Å². The van der Waals surface area contributed by atoms with E-state index >= 15 is 0 Å². The Hall–Kier alpha value is -3.69. The third kappa shape index (κ3) is 5.52. The molecule has 194 valence electrons. The van der Waals surface area contributed by atoms with E-state index in [-0.39, 0.29) is 18.0 Å². The topological polar surface area (TPSA) is 81.7 Å². The van der Waals surface area contributed by atoms with Crippen LogP contribution < -0.4 is 15.8 Å². The summed E-state index contributed by atoms with van der Waals surface area (Å²) in [6.07, 6.45) is -1.28. The molecule has 3 N–H and O–H groups in total. The normalized spacial score (nSPS) is 16.6. The molecule has 0 spiro atoms. The number of benzene rings is 3. The van der Waals surface area contributed by atoms with Crippen molar-refractivity contribution in [3.05, 3.63) is 89.2 Å². The molecule has 0 aromatic heterocycles. The first kappa shape index (κ1) is 26.4. The van der Waals surface area contributed by atoms with Crippen LogP contribution in [0, 0.1) is 23.4 Å². The summed E-state index contributed by atoms with van der Waals surface area (Å²) in [5, 5.41) is 14.5. The predicted octanol–water partition coefficient (Wildman–Crippen LogP) is 4.60. The summed E-state index contributed by atoms with van der Waals surface area (Å²) in [6, 6.07) is 13.1. The van der Waals surface area contributed by atoms with E-state index < -0.39 is 47.3 Å². The molecule has 3 aromatic carbocycles. The minimum atomic E-state index is -1.28. The lowest BCUT2D eigenvalue weighted by Gasteiger charge is -2.29. The maximum atomic E-state index is 14.2. The second-order valence-corrected chi connectivity index (χ2v) is 9.47. The van der Waals surface area contributed by atoms with Gasteiger partial charge in [0, 0.05) is 18.2 Å². The fraction of sp³-hybridized carbons (Fsp3) is 0.286. The van der Waals surface area contributed by atoms with E-state index in [0.29, 0.717) is 28.4 Å². The van der Waals surface area contributed by atoms with Crippen LogP contribution in [-0.2, 0) is 9.59 Å². The fourth-order valence-electron chi connectivity index (χ4n) is 4.53. The van der Waals surface area contributed by atoms with Gasteiger partial charge in [0.1, 0.15) is 17.5 Å². The third-order valence-electron chi connectivity index (χ3n) is 6.48. The van der Waals surface area contributed by atoms with E-state index in [4.69, 9.17) is 0 Å². The van der Waals surface area contributed by atoms with Crippen molar-refractivity contribution in [1.29, 1.82) is 0 Å². The molecule has 4 rings (SSSR count). The Morgan fingerprint density at radius 3 is 2.32 bits per heavy atom. The van der Waals surface area contributed by atoms with Crippen molar-refractivity contribution in [2.75, 3.05) is 11.6 Å². The van der Waals surface area contributed by atoms with Gasteiger partial charge in [0.2, 0.25) is 0 Å². The Morgan fingerprint density at radius 1 is 0.973 bits per heavy atom. The van der Waals surface area contributed by atoms with Gasteiger partial charge in [-0.25, -0.2) is 18.2 Å². The number of fused-ring (bicyclic) bond motifs is 3. The molecule has 1 heterocycles. The Kier molecular flexibility index (Phi) is 7.65. The van der Waals surface area contributed by atoms with E-state index in [1.54, 1.807) is 45.0 Å². The number of amides is 2. The highest BCUT2D eigenvalue weighted by molar-refractivity contribution is 6.06. The van der Waals surface area contributed by atoms with Gasteiger partial charge in [-0.05, 0) is 59.9 Å². The van der Waals surface area contributed by atoms with Gasteiger partial charge in [0.25, 0.3) is 11.8 Å². The SMILES string of the molecule is CC1C(=O)N(NC(=O)[C@@H](NC[C@@H](O)c2cc(F)cc(F)c2)C(C)C)c2ccc(F)cc2-c2ccccc21. The molecule has 0 fully saturated rings. The van der Waals surface area contributed by atoms with Gasteiger partial charge in [-0.3, -0.25) is 15.0 Å². The zero-order valence-corrected chi connectivity index (χ0v) is 20.6. The van der Waals surface area contributed by atoms with Gasteiger partial charge in [-0.15, -0.1) is 0 Å². The molecular weight excluding hydrogens is 483 g/mol. The summed E-state index contributed by atoms with van der Waals surface area (Å²) in [7, 11) is 0. The maximum Gasteiger partial charge on any atom is 0.256 e. The van der Waals surface area contributed by atoms with Crippen molar-refractivity contribution in [2.45, 2.75) is 38.8 Å². The highest BCUT2D eigenvalue weighted by Crippen LogP contribution is 2.40. The van der Waals surface area contributed by atoms with Crippen LogP contribution in [0.3, 0.4) is 0 Å². The Balaban J connectivity index is 1.59. The van der Waals surface area contributed by atoms with Gasteiger partial charge in [0.05, 0.1) is 23.8 Å². The second-order valence-electron chi connectivity index (χ2n) is 9.47. The van der Waals surface area contributed by atoms with Crippen molar-refractivity contribution in [2.24, 2.45) is 5.92 Å². The Labute approximate surface area is 213 Å². The number of carbonyl (C=O) groups excluding carboxylic acids is 2. The molecule has 0 saturated carbocycles. The van der Waals surface area contributed by atoms with Gasteiger partial charge >= 0.3 is 0 Å². The van der Waals surface area contributed by atoms with Gasteiger partial charge in [-0.1, -0.05) is 38.1 Å². The highest BCUT2D eigenvalue weighted by Gasteiger charge is 2.34. The van der Waals surface area contributed by atoms with E-state index in [9.17, 15) is 27.9 Å². The number of halogens is 3. The van der Waals surface area contributed by atoms with Gasteiger partial charge in [-0.2, -0.15) is 0 Å². The van der Waals surface area contributed by atoms with Crippen LogP contribution >= 0.6 is 0 Å². The summed E-state index contributed by atoms with van der Waals surface area (Å²) in [5.41, 5.74) is 4.89. The van der Waals surface area contributed by atoms with E-state index in [0.717, 1.165) is 17.1 Å². The van der Waals surface area contributed by atoms with E-state index in [1.165, 1.54) is 18.2 Å². The van der Waals surface area contributed by atoms with Crippen molar-refractivity contribution in [1.82, 2.24) is 10.7 Å². The summed E-state index contributed by atoms with van der Waals surface area (Å²) in [5.74, 6) is -3.98. The molecule has 1 unspecified atom stereocenters. The summed E-state index contributed by atoms with van der Waals surface area (Å²) in [4.78, 5) is 26.9. The standard InChI is InChI=1S/C28H28F3N3O3/c1-15(2)26(32-14-25(35)17-10-19(30)12-20(31)11-17)27(36)33-34-24-9-8-18(29)13-23(24)22-7-5-4-6-21(22)16(3)28(34)37/h4-13,15-16,25-26,32,35H,14H2,1-3H3,(H,33,36)/t16?,25-,26+/m1/s1.